The number of carbonyl (C=O) groups is 1. The number of hydrogen-bond donors (Lipinski definition) is 1. The highest BCUT2D eigenvalue weighted by molar-refractivity contribution is 5.71. The van der Waals surface area contributed by atoms with Gasteiger partial charge in [0.15, 0.2) is 0 Å². The number of benzene rings is 1. The van der Waals surface area contributed by atoms with E-state index in [1.54, 1.807) is 4.68 Å². The molecule has 1 unspecified atom stereocenters. The summed E-state index contributed by atoms with van der Waals surface area (Å²) in [6, 6.07) is 9.55. The molecule has 0 spiro atoms. The molecule has 1 fully saturated rings. The molecule has 1 aliphatic rings. The molecule has 0 bridgehead atoms. The molecule has 7 nitrogen and oxygen atoms in total. The Kier molecular flexibility index (Phi) is 2.86. The van der Waals surface area contributed by atoms with E-state index in [0.717, 1.165) is 5.69 Å². The highest BCUT2D eigenvalue weighted by Crippen LogP contribution is 2.23. The maximum absolute atomic E-state index is 11.0. The summed E-state index contributed by atoms with van der Waals surface area (Å²) >= 11 is 0. The Bertz CT molecular complexity index is 583. The summed E-state index contributed by atoms with van der Waals surface area (Å²) in [5, 5.41) is 20.7. The maximum atomic E-state index is 11.0. The molecule has 2 aromatic rings. The molecule has 3 rings (SSSR count). The van der Waals surface area contributed by atoms with Crippen molar-refractivity contribution in [1.82, 2.24) is 20.2 Å². The number of tetrazole rings is 1. The molecule has 1 aromatic heterocycles. The minimum atomic E-state index is -0.763. The van der Waals surface area contributed by atoms with Crippen molar-refractivity contribution in [3.05, 3.63) is 30.3 Å². The lowest BCUT2D eigenvalue weighted by molar-refractivity contribution is -0.140. The number of aliphatic carboxylic acids is 1. The molecular weight excluding hydrogens is 246 g/mol. The van der Waals surface area contributed by atoms with E-state index in [1.807, 2.05) is 35.2 Å². The van der Waals surface area contributed by atoms with Gasteiger partial charge in [-0.1, -0.05) is 23.3 Å². The zero-order valence-electron chi connectivity index (χ0n) is 10.2. The number of hydrogen-bond acceptors (Lipinski definition) is 5. The molecule has 0 aliphatic carbocycles. The average molecular weight is 259 g/mol. The zero-order chi connectivity index (χ0) is 13.2. The summed E-state index contributed by atoms with van der Waals surface area (Å²) in [7, 11) is 0. The number of anilines is 1. The van der Waals surface area contributed by atoms with Crippen LogP contribution in [0.3, 0.4) is 0 Å². The van der Waals surface area contributed by atoms with Crippen molar-refractivity contribution in [1.29, 1.82) is 0 Å². The number of carboxylic acids is 1. The van der Waals surface area contributed by atoms with Gasteiger partial charge in [0, 0.05) is 13.1 Å². The molecule has 0 saturated carbocycles. The van der Waals surface area contributed by atoms with Crippen LogP contribution in [0.1, 0.15) is 6.42 Å². The molecule has 1 N–H and O–H groups in total. The predicted octanol–water partition coefficient (Wildman–Crippen LogP) is 0.573. The van der Waals surface area contributed by atoms with Crippen LogP contribution in [0.15, 0.2) is 30.3 Å². The Balaban J connectivity index is 1.88. The van der Waals surface area contributed by atoms with E-state index in [-0.39, 0.29) is 5.92 Å². The summed E-state index contributed by atoms with van der Waals surface area (Å²) in [6.45, 7) is 1.10. The largest absolute Gasteiger partial charge is 0.481 e. The van der Waals surface area contributed by atoms with Gasteiger partial charge in [-0.15, -0.1) is 0 Å². The fourth-order valence-corrected chi connectivity index (χ4v) is 2.26. The molecule has 19 heavy (non-hydrogen) atoms. The van der Waals surface area contributed by atoms with E-state index in [2.05, 4.69) is 15.5 Å². The lowest BCUT2D eigenvalue weighted by Crippen LogP contribution is -2.25. The zero-order valence-corrected chi connectivity index (χ0v) is 10.2. The first-order chi connectivity index (χ1) is 9.25. The summed E-state index contributed by atoms with van der Waals surface area (Å²) in [6.07, 6.45) is 0.622. The third kappa shape index (κ3) is 2.14. The molecule has 98 valence electrons. The standard InChI is InChI=1S/C12H13N5O2/c18-11(19)9-6-7-16(8-9)12-13-14-15-17(12)10-4-2-1-3-5-10/h1-5,9H,6-8H2,(H,18,19). The Morgan fingerprint density at radius 3 is 2.79 bits per heavy atom. The van der Waals surface area contributed by atoms with Crippen molar-refractivity contribution in [2.45, 2.75) is 6.42 Å². The lowest BCUT2D eigenvalue weighted by atomic mass is 10.1. The van der Waals surface area contributed by atoms with E-state index < -0.39 is 5.97 Å². The smallest absolute Gasteiger partial charge is 0.308 e. The summed E-state index contributed by atoms with van der Waals surface area (Å²) < 4.78 is 1.63. The average Bonchev–Trinajstić information content (AvgIpc) is 3.08. The van der Waals surface area contributed by atoms with E-state index in [4.69, 9.17) is 5.11 Å². The third-order valence-electron chi connectivity index (χ3n) is 3.27. The van der Waals surface area contributed by atoms with Crippen LogP contribution in [0.2, 0.25) is 0 Å². The van der Waals surface area contributed by atoms with Gasteiger partial charge < -0.3 is 10.0 Å². The summed E-state index contributed by atoms with van der Waals surface area (Å²) in [4.78, 5) is 12.9. The van der Waals surface area contributed by atoms with Gasteiger partial charge in [0.1, 0.15) is 0 Å². The molecule has 0 amide bonds. The number of aromatic nitrogens is 4. The monoisotopic (exact) mass is 259 g/mol. The number of carboxylic acid groups (broad SMARTS) is 1. The van der Waals surface area contributed by atoms with Crippen LogP contribution >= 0.6 is 0 Å². The Labute approximate surface area is 109 Å². The lowest BCUT2D eigenvalue weighted by Gasteiger charge is -2.16. The van der Waals surface area contributed by atoms with E-state index in [9.17, 15) is 4.79 Å². The molecule has 7 heteroatoms. The molecule has 0 radical (unpaired) electrons. The quantitative estimate of drug-likeness (QED) is 0.867. The van der Waals surface area contributed by atoms with Gasteiger partial charge in [-0.2, -0.15) is 4.68 Å². The number of para-hydroxylation sites is 1. The highest BCUT2D eigenvalue weighted by Gasteiger charge is 2.31. The van der Waals surface area contributed by atoms with Crippen LogP contribution in [-0.2, 0) is 4.79 Å². The van der Waals surface area contributed by atoms with Crippen LogP contribution in [0.5, 0.6) is 0 Å². The fourth-order valence-electron chi connectivity index (χ4n) is 2.26. The second-order valence-electron chi connectivity index (χ2n) is 4.50. The minimum Gasteiger partial charge on any atom is -0.481 e. The van der Waals surface area contributed by atoms with E-state index in [0.29, 0.717) is 25.5 Å². The number of nitrogens with zero attached hydrogens (tertiary/aromatic N) is 5. The molecule has 1 saturated heterocycles. The first kappa shape index (κ1) is 11.6. The van der Waals surface area contributed by atoms with E-state index in [1.165, 1.54) is 0 Å². The molecule has 1 aromatic carbocycles. The molecule has 1 atom stereocenters. The van der Waals surface area contributed by atoms with Crippen molar-refractivity contribution in [3.8, 4) is 5.69 Å². The van der Waals surface area contributed by atoms with Gasteiger partial charge in [0.25, 0.3) is 0 Å². The normalized spacial score (nSPS) is 18.7. The van der Waals surface area contributed by atoms with Gasteiger partial charge in [-0.05, 0) is 29.0 Å². The number of rotatable bonds is 3. The van der Waals surface area contributed by atoms with Crippen molar-refractivity contribution < 1.29 is 9.90 Å². The van der Waals surface area contributed by atoms with Crippen molar-refractivity contribution in [3.63, 3.8) is 0 Å². The second-order valence-corrected chi connectivity index (χ2v) is 4.50. The second kappa shape index (κ2) is 4.68. The molecular formula is C12H13N5O2. The molecule has 1 aliphatic heterocycles. The predicted molar refractivity (Wildman–Crippen MR) is 67.1 cm³/mol. The first-order valence-electron chi connectivity index (χ1n) is 6.07. The van der Waals surface area contributed by atoms with Gasteiger partial charge in [0.2, 0.25) is 5.95 Å². The van der Waals surface area contributed by atoms with Crippen molar-refractivity contribution in [2.75, 3.05) is 18.0 Å². The van der Waals surface area contributed by atoms with E-state index >= 15 is 0 Å². The molecule has 2 heterocycles. The Morgan fingerprint density at radius 2 is 2.11 bits per heavy atom. The van der Waals surface area contributed by atoms with Crippen molar-refractivity contribution in [2.24, 2.45) is 5.92 Å². The first-order valence-corrected chi connectivity index (χ1v) is 6.07. The van der Waals surface area contributed by atoms with Crippen LogP contribution < -0.4 is 4.90 Å². The van der Waals surface area contributed by atoms with Gasteiger partial charge in [-0.3, -0.25) is 4.79 Å². The van der Waals surface area contributed by atoms with Crippen LogP contribution in [0.4, 0.5) is 5.95 Å². The highest BCUT2D eigenvalue weighted by atomic mass is 16.4. The topological polar surface area (TPSA) is 84.1 Å². The van der Waals surface area contributed by atoms with Crippen LogP contribution in [-0.4, -0.2) is 44.4 Å². The Morgan fingerprint density at radius 1 is 1.32 bits per heavy atom. The maximum Gasteiger partial charge on any atom is 0.308 e. The SMILES string of the molecule is O=C(O)C1CCN(c2nnnn2-c2ccccc2)C1. The van der Waals surface area contributed by atoms with Crippen molar-refractivity contribution >= 4 is 11.9 Å². The van der Waals surface area contributed by atoms with Crippen LogP contribution in [0.25, 0.3) is 5.69 Å². The van der Waals surface area contributed by atoms with Gasteiger partial charge >= 0.3 is 5.97 Å². The van der Waals surface area contributed by atoms with Crippen LogP contribution in [0, 0.1) is 5.92 Å². The van der Waals surface area contributed by atoms with Gasteiger partial charge in [-0.25, -0.2) is 0 Å². The third-order valence-corrected chi connectivity index (χ3v) is 3.27. The van der Waals surface area contributed by atoms with Gasteiger partial charge in [0.05, 0.1) is 11.6 Å². The fraction of sp³-hybridized carbons (Fsp3) is 0.333. The summed E-state index contributed by atoms with van der Waals surface area (Å²) in [5.41, 5.74) is 0.862. The minimum absolute atomic E-state index is 0.346. The Hall–Kier alpha value is -2.44. The summed E-state index contributed by atoms with van der Waals surface area (Å²) in [5.74, 6) is -0.517.